The summed E-state index contributed by atoms with van der Waals surface area (Å²) < 4.78 is 13.2. The number of hydrogen-bond donors (Lipinski definition) is 0. The maximum Gasteiger partial charge on any atom is 0.240 e. The third-order valence-corrected chi connectivity index (χ3v) is 4.46. The second-order valence-electron chi connectivity index (χ2n) is 3.70. The van der Waals surface area contributed by atoms with E-state index >= 15 is 0 Å². The molecule has 0 bridgehead atoms. The van der Waals surface area contributed by atoms with E-state index in [-0.39, 0.29) is 17.1 Å². The Bertz CT molecular complexity index is 575. The molecule has 1 aromatic carbocycles. The standard InChI is InChI=1S/C11H8FN3OS2/c12-8-3-1-2-7(4-8)10-15(9(16)5-17-10)11-14-13-6-18-11/h1-4,6,10H,5H2/t10-/m0/s1. The van der Waals surface area contributed by atoms with E-state index < -0.39 is 0 Å². The van der Waals surface area contributed by atoms with Gasteiger partial charge in [-0.15, -0.1) is 22.0 Å². The first-order chi connectivity index (χ1) is 8.75. The first kappa shape index (κ1) is 11.6. The Balaban J connectivity index is 1.99. The zero-order valence-corrected chi connectivity index (χ0v) is 10.7. The average molecular weight is 281 g/mol. The number of thioether (sulfide) groups is 1. The zero-order valence-electron chi connectivity index (χ0n) is 9.12. The van der Waals surface area contributed by atoms with Crippen LogP contribution in [-0.4, -0.2) is 21.9 Å². The van der Waals surface area contributed by atoms with Crippen molar-refractivity contribution in [1.82, 2.24) is 10.2 Å². The second kappa shape index (κ2) is 4.66. The van der Waals surface area contributed by atoms with Gasteiger partial charge in [-0.3, -0.25) is 9.69 Å². The molecule has 4 nitrogen and oxygen atoms in total. The molecule has 7 heteroatoms. The van der Waals surface area contributed by atoms with Gasteiger partial charge in [0.2, 0.25) is 11.0 Å². The minimum atomic E-state index is -0.301. The predicted octanol–water partition coefficient (Wildman–Crippen LogP) is 2.46. The molecule has 0 aliphatic carbocycles. The number of halogens is 1. The van der Waals surface area contributed by atoms with Crippen molar-refractivity contribution in [2.24, 2.45) is 0 Å². The van der Waals surface area contributed by atoms with Gasteiger partial charge >= 0.3 is 0 Å². The summed E-state index contributed by atoms with van der Waals surface area (Å²) >= 11 is 2.77. The number of rotatable bonds is 2. The summed E-state index contributed by atoms with van der Waals surface area (Å²) in [6.07, 6.45) is 0. The lowest BCUT2D eigenvalue weighted by Crippen LogP contribution is -2.27. The van der Waals surface area contributed by atoms with Crippen LogP contribution >= 0.6 is 23.1 Å². The summed E-state index contributed by atoms with van der Waals surface area (Å²) in [4.78, 5) is 13.5. The molecule has 2 heterocycles. The van der Waals surface area contributed by atoms with Gasteiger partial charge in [0, 0.05) is 0 Å². The maximum atomic E-state index is 13.2. The van der Waals surface area contributed by atoms with E-state index in [1.807, 2.05) is 6.07 Å². The van der Waals surface area contributed by atoms with Crippen LogP contribution in [0.3, 0.4) is 0 Å². The topological polar surface area (TPSA) is 46.1 Å². The van der Waals surface area contributed by atoms with Gasteiger partial charge in [-0.05, 0) is 17.7 Å². The summed E-state index contributed by atoms with van der Waals surface area (Å²) in [5.74, 6) is 0.0523. The van der Waals surface area contributed by atoms with Crippen molar-refractivity contribution in [3.63, 3.8) is 0 Å². The van der Waals surface area contributed by atoms with Crippen LogP contribution in [0.5, 0.6) is 0 Å². The van der Waals surface area contributed by atoms with E-state index in [0.29, 0.717) is 10.9 Å². The fourth-order valence-electron chi connectivity index (χ4n) is 1.81. The normalized spacial score (nSPS) is 19.5. The van der Waals surface area contributed by atoms with Crippen LogP contribution in [0.15, 0.2) is 29.8 Å². The summed E-state index contributed by atoms with van der Waals surface area (Å²) in [6, 6.07) is 6.30. The second-order valence-corrected chi connectivity index (χ2v) is 5.58. The molecule has 1 aliphatic heterocycles. The number of amides is 1. The van der Waals surface area contributed by atoms with E-state index in [2.05, 4.69) is 10.2 Å². The van der Waals surface area contributed by atoms with E-state index in [1.165, 1.54) is 35.2 Å². The molecule has 1 atom stereocenters. The van der Waals surface area contributed by atoms with Crippen LogP contribution in [0.2, 0.25) is 0 Å². The largest absolute Gasteiger partial charge is 0.273 e. The quantitative estimate of drug-likeness (QED) is 0.848. The van der Waals surface area contributed by atoms with Crippen molar-refractivity contribution in [3.8, 4) is 0 Å². The smallest absolute Gasteiger partial charge is 0.240 e. The third-order valence-electron chi connectivity index (χ3n) is 2.56. The molecule has 0 unspecified atom stereocenters. The zero-order chi connectivity index (χ0) is 12.5. The summed E-state index contributed by atoms with van der Waals surface area (Å²) in [5, 5.41) is 7.99. The Morgan fingerprint density at radius 3 is 3.06 bits per heavy atom. The van der Waals surface area contributed by atoms with Crippen LogP contribution in [0.1, 0.15) is 10.9 Å². The van der Waals surface area contributed by atoms with Crippen LogP contribution in [0, 0.1) is 5.82 Å². The molecule has 0 spiro atoms. The van der Waals surface area contributed by atoms with Crippen molar-refractivity contribution in [2.45, 2.75) is 5.37 Å². The molecule has 3 rings (SSSR count). The van der Waals surface area contributed by atoms with Crippen LogP contribution in [0.4, 0.5) is 9.52 Å². The number of carbonyl (C=O) groups is 1. The summed E-state index contributed by atoms with van der Waals surface area (Å²) in [6.45, 7) is 0. The SMILES string of the molecule is O=C1CS[C@@H](c2cccc(F)c2)N1c1nncs1. The molecule has 1 fully saturated rings. The Kier molecular flexibility index (Phi) is 3.00. The molecule has 1 aliphatic rings. The fraction of sp³-hybridized carbons (Fsp3) is 0.182. The Morgan fingerprint density at radius 1 is 1.44 bits per heavy atom. The number of nitrogens with zero attached hydrogens (tertiary/aromatic N) is 3. The molecule has 18 heavy (non-hydrogen) atoms. The fourth-order valence-corrected chi connectivity index (χ4v) is 3.63. The minimum Gasteiger partial charge on any atom is -0.273 e. The highest BCUT2D eigenvalue weighted by molar-refractivity contribution is 8.00. The number of hydrogen-bond acceptors (Lipinski definition) is 5. The van der Waals surface area contributed by atoms with Crippen molar-refractivity contribution < 1.29 is 9.18 Å². The Hall–Kier alpha value is -1.47. The van der Waals surface area contributed by atoms with Crippen molar-refractivity contribution in [3.05, 3.63) is 41.2 Å². The minimum absolute atomic E-state index is 0.0222. The Labute approximate surface area is 111 Å². The average Bonchev–Trinajstić information content (AvgIpc) is 2.97. The number of benzene rings is 1. The van der Waals surface area contributed by atoms with E-state index in [1.54, 1.807) is 16.5 Å². The van der Waals surface area contributed by atoms with E-state index in [4.69, 9.17) is 0 Å². The lowest BCUT2D eigenvalue weighted by atomic mass is 10.2. The molecule has 0 saturated carbocycles. The van der Waals surface area contributed by atoms with Gasteiger partial charge in [0.25, 0.3) is 0 Å². The van der Waals surface area contributed by atoms with Gasteiger partial charge in [0.15, 0.2) is 0 Å². The molecule has 1 amide bonds. The molecule has 1 aromatic heterocycles. The molecule has 0 radical (unpaired) electrons. The molecule has 1 saturated heterocycles. The van der Waals surface area contributed by atoms with Gasteiger partial charge in [-0.25, -0.2) is 4.39 Å². The Morgan fingerprint density at radius 2 is 2.33 bits per heavy atom. The maximum absolute atomic E-state index is 13.2. The predicted molar refractivity (Wildman–Crippen MR) is 69.0 cm³/mol. The highest BCUT2D eigenvalue weighted by atomic mass is 32.2. The van der Waals surface area contributed by atoms with Crippen molar-refractivity contribution >= 4 is 34.1 Å². The first-order valence-corrected chi connectivity index (χ1v) is 7.14. The molecular weight excluding hydrogens is 273 g/mol. The molecule has 92 valence electrons. The number of aromatic nitrogens is 2. The van der Waals surface area contributed by atoms with Gasteiger partial charge < -0.3 is 0 Å². The van der Waals surface area contributed by atoms with E-state index in [0.717, 1.165) is 5.56 Å². The van der Waals surface area contributed by atoms with Crippen molar-refractivity contribution in [1.29, 1.82) is 0 Å². The highest BCUT2D eigenvalue weighted by Crippen LogP contribution is 2.42. The lowest BCUT2D eigenvalue weighted by Gasteiger charge is -2.20. The molecular formula is C11H8FN3OS2. The van der Waals surface area contributed by atoms with Crippen LogP contribution < -0.4 is 4.90 Å². The summed E-state index contributed by atoms with van der Waals surface area (Å²) in [5.41, 5.74) is 2.34. The lowest BCUT2D eigenvalue weighted by molar-refractivity contribution is -0.115. The molecule has 0 N–H and O–H groups in total. The van der Waals surface area contributed by atoms with E-state index in [9.17, 15) is 9.18 Å². The molecule has 2 aromatic rings. The third kappa shape index (κ3) is 1.99. The van der Waals surface area contributed by atoms with Gasteiger partial charge in [0.1, 0.15) is 16.7 Å². The monoisotopic (exact) mass is 281 g/mol. The van der Waals surface area contributed by atoms with Gasteiger partial charge in [-0.1, -0.05) is 23.5 Å². The van der Waals surface area contributed by atoms with Crippen LogP contribution in [-0.2, 0) is 4.79 Å². The first-order valence-electron chi connectivity index (χ1n) is 5.21. The highest BCUT2D eigenvalue weighted by Gasteiger charge is 2.35. The van der Waals surface area contributed by atoms with Crippen molar-refractivity contribution in [2.75, 3.05) is 10.7 Å². The summed E-state index contributed by atoms with van der Waals surface area (Å²) in [7, 11) is 0. The number of anilines is 1. The number of carbonyl (C=O) groups excluding carboxylic acids is 1. The van der Waals surface area contributed by atoms with Gasteiger partial charge in [-0.2, -0.15) is 0 Å². The van der Waals surface area contributed by atoms with Gasteiger partial charge in [0.05, 0.1) is 5.75 Å². The van der Waals surface area contributed by atoms with Crippen LogP contribution in [0.25, 0.3) is 0 Å².